The van der Waals surface area contributed by atoms with Crippen LogP contribution in [-0.2, 0) is 4.84 Å². The van der Waals surface area contributed by atoms with E-state index in [2.05, 4.69) is 4.84 Å². The smallest absolute Gasteiger partial charge is 0.193 e. The SMILES string of the molecule is C[C@H](ON([O-])O)C(=O)c1ccccc1. The number of ketones is 1. The number of hydrogen-bond acceptors (Lipinski definition) is 5. The van der Waals surface area contributed by atoms with Gasteiger partial charge in [0, 0.05) is 5.56 Å². The minimum Gasteiger partial charge on any atom is -0.738 e. The van der Waals surface area contributed by atoms with Crippen molar-refractivity contribution in [2.45, 2.75) is 13.0 Å². The van der Waals surface area contributed by atoms with Crippen molar-refractivity contribution in [1.29, 1.82) is 0 Å². The molecule has 0 amide bonds. The minimum atomic E-state index is -1.00. The van der Waals surface area contributed by atoms with Gasteiger partial charge in [-0.15, -0.1) is 5.39 Å². The summed E-state index contributed by atoms with van der Waals surface area (Å²) in [6.07, 6.45) is -1.00. The van der Waals surface area contributed by atoms with Crippen molar-refractivity contribution in [2.24, 2.45) is 0 Å². The third-order valence-corrected chi connectivity index (χ3v) is 1.68. The lowest BCUT2D eigenvalue weighted by Crippen LogP contribution is -2.27. The molecule has 0 spiro atoms. The number of nitrogens with zero attached hydrogens (tertiary/aromatic N) is 1. The highest BCUT2D eigenvalue weighted by molar-refractivity contribution is 5.99. The lowest BCUT2D eigenvalue weighted by atomic mass is 10.1. The fraction of sp³-hybridized carbons (Fsp3) is 0.222. The van der Waals surface area contributed by atoms with Crippen molar-refractivity contribution in [3.63, 3.8) is 0 Å². The van der Waals surface area contributed by atoms with Crippen LogP contribution in [0.2, 0.25) is 0 Å². The monoisotopic (exact) mass is 196 g/mol. The minimum absolute atomic E-state index is 0.361. The van der Waals surface area contributed by atoms with E-state index < -0.39 is 11.5 Å². The Morgan fingerprint density at radius 1 is 1.50 bits per heavy atom. The van der Waals surface area contributed by atoms with E-state index in [0.717, 1.165) is 0 Å². The summed E-state index contributed by atoms with van der Waals surface area (Å²) in [4.78, 5) is 15.7. The molecule has 1 aromatic carbocycles. The molecule has 0 bridgehead atoms. The maximum absolute atomic E-state index is 11.5. The van der Waals surface area contributed by atoms with Gasteiger partial charge in [-0.1, -0.05) is 30.3 Å². The van der Waals surface area contributed by atoms with Gasteiger partial charge in [0.25, 0.3) is 0 Å². The molecule has 0 saturated heterocycles. The van der Waals surface area contributed by atoms with Gasteiger partial charge >= 0.3 is 0 Å². The molecule has 0 aliphatic rings. The third kappa shape index (κ3) is 2.90. The number of carbonyl (C=O) groups excluding carboxylic acids is 1. The first-order chi connectivity index (χ1) is 6.61. The average molecular weight is 196 g/mol. The largest absolute Gasteiger partial charge is 0.738 e. The van der Waals surface area contributed by atoms with Crippen LogP contribution in [0.15, 0.2) is 30.3 Å². The van der Waals surface area contributed by atoms with Gasteiger partial charge in [0.15, 0.2) is 5.78 Å². The molecule has 5 heteroatoms. The Morgan fingerprint density at radius 3 is 2.57 bits per heavy atom. The standard InChI is InChI=1S/C9H10NO4/c1-7(14-10(12)13)9(11)8-5-3-2-4-6-8/h2-7,12H,1H3/q-1/t7-/m0/s1. The van der Waals surface area contributed by atoms with Crippen LogP contribution in [0, 0.1) is 5.21 Å². The van der Waals surface area contributed by atoms with E-state index in [9.17, 15) is 10.0 Å². The van der Waals surface area contributed by atoms with E-state index in [4.69, 9.17) is 5.21 Å². The Bertz CT molecular complexity index is 299. The number of hydrogen-bond donors (Lipinski definition) is 1. The summed E-state index contributed by atoms with van der Waals surface area (Å²) in [7, 11) is 0. The second kappa shape index (κ2) is 4.83. The summed E-state index contributed by atoms with van der Waals surface area (Å²) < 4.78 is 0. The van der Waals surface area contributed by atoms with Gasteiger partial charge in [-0.2, -0.15) is 0 Å². The Morgan fingerprint density at radius 2 is 2.07 bits per heavy atom. The lowest BCUT2D eigenvalue weighted by molar-refractivity contribution is -0.315. The van der Waals surface area contributed by atoms with Crippen molar-refractivity contribution in [3.05, 3.63) is 41.1 Å². The van der Waals surface area contributed by atoms with Gasteiger partial charge in [0.2, 0.25) is 0 Å². The molecule has 0 heterocycles. The number of carbonyl (C=O) groups is 1. The summed E-state index contributed by atoms with van der Waals surface area (Å²) >= 11 is 0. The molecule has 5 nitrogen and oxygen atoms in total. The van der Waals surface area contributed by atoms with E-state index in [1.165, 1.54) is 6.92 Å². The van der Waals surface area contributed by atoms with Crippen molar-refractivity contribution >= 4 is 5.78 Å². The van der Waals surface area contributed by atoms with E-state index in [-0.39, 0.29) is 5.78 Å². The highest BCUT2D eigenvalue weighted by Gasteiger charge is 2.15. The highest BCUT2D eigenvalue weighted by Crippen LogP contribution is 2.06. The van der Waals surface area contributed by atoms with Crippen LogP contribution in [0.1, 0.15) is 17.3 Å². The van der Waals surface area contributed by atoms with Gasteiger partial charge in [-0.3, -0.25) is 9.63 Å². The van der Waals surface area contributed by atoms with Crippen molar-refractivity contribution in [2.75, 3.05) is 0 Å². The molecule has 0 aliphatic carbocycles. The fourth-order valence-corrected chi connectivity index (χ4v) is 1.02. The highest BCUT2D eigenvalue weighted by atomic mass is 17.1. The summed E-state index contributed by atoms with van der Waals surface area (Å²) in [5.74, 6) is -0.361. The first-order valence-corrected chi connectivity index (χ1v) is 4.03. The van der Waals surface area contributed by atoms with Crippen molar-refractivity contribution in [3.8, 4) is 0 Å². The molecule has 14 heavy (non-hydrogen) atoms. The maximum atomic E-state index is 11.5. The first-order valence-electron chi connectivity index (χ1n) is 4.03. The molecule has 1 aromatic rings. The van der Waals surface area contributed by atoms with Gasteiger partial charge < -0.3 is 10.4 Å². The van der Waals surface area contributed by atoms with Gasteiger partial charge in [-0.05, 0) is 6.92 Å². The van der Waals surface area contributed by atoms with Crippen LogP contribution in [0.3, 0.4) is 0 Å². The normalized spacial score (nSPS) is 12.9. The van der Waals surface area contributed by atoms with E-state index in [0.29, 0.717) is 5.56 Å². The van der Waals surface area contributed by atoms with Crippen LogP contribution in [-0.4, -0.2) is 22.5 Å². The van der Waals surface area contributed by atoms with Gasteiger partial charge in [-0.25, -0.2) is 0 Å². The molecule has 0 fully saturated rings. The molecule has 0 radical (unpaired) electrons. The fourth-order valence-electron chi connectivity index (χ4n) is 1.02. The van der Waals surface area contributed by atoms with E-state index in [1.54, 1.807) is 30.3 Å². The Labute approximate surface area is 81.0 Å². The molecule has 76 valence electrons. The molecule has 0 saturated carbocycles. The van der Waals surface area contributed by atoms with E-state index >= 15 is 0 Å². The Hall–Kier alpha value is -1.27. The zero-order valence-electron chi connectivity index (χ0n) is 7.58. The molecular weight excluding hydrogens is 186 g/mol. The summed E-state index contributed by atoms with van der Waals surface area (Å²) in [5.41, 5.74) is 0.432. The van der Waals surface area contributed by atoms with Crippen LogP contribution >= 0.6 is 0 Å². The molecule has 0 aliphatic heterocycles. The second-order valence-electron chi connectivity index (χ2n) is 2.72. The van der Waals surface area contributed by atoms with Crippen molar-refractivity contribution < 1.29 is 14.8 Å². The average Bonchev–Trinajstić information content (AvgIpc) is 2.17. The topological polar surface area (TPSA) is 72.8 Å². The third-order valence-electron chi connectivity index (χ3n) is 1.68. The van der Waals surface area contributed by atoms with Crippen LogP contribution < -0.4 is 0 Å². The first kappa shape index (κ1) is 10.8. The Balaban J connectivity index is 2.66. The molecule has 1 atom stereocenters. The van der Waals surface area contributed by atoms with Crippen LogP contribution in [0.5, 0.6) is 0 Å². The molecule has 1 N–H and O–H groups in total. The van der Waals surface area contributed by atoms with Crippen molar-refractivity contribution in [1.82, 2.24) is 5.39 Å². The second-order valence-corrected chi connectivity index (χ2v) is 2.72. The molecule has 1 rings (SSSR count). The van der Waals surface area contributed by atoms with Gasteiger partial charge in [0.1, 0.15) is 6.10 Å². The predicted molar refractivity (Wildman–Crippen MR) is 48.3 cm³/mol. The molecule has 0 aromatic heterocycles. The summed E-state index contributed by atoms with van der Waals surface area (Å²) in [6.45, 7) is 1.39. The number of benzene rings is 1. The van der Waals surface area contributed by atoms with Crippen LogP contribution in [0.25, 0.3) is 0 Å². The number of Topliss-reactive ketones (excluding diaryl/α,β-unsaturated/α-hetero) is 1. The van der Waals surface area contributed by atoms with E-state index in [1.807, 2.05) is 0 Å². The molecule has 0 unspecified atom stereocenters. The summed E-state index contributed by atoms with van der Waals surface area (Å²) in [6, 6.07) is 8.39. The van der Waals surface area contributed by atoms with Crippen LogP contribution in [0.4, 0.5) is 0 Å². The number of rotatable bonds is 4. The van der Waals surface area contributed by atoms with Gasteiger partial charge in [0.05, 0.1) is 0 Å². The zero-order valence-corrected chi connectivity index (χ0v) is 7.58. The predicted octanol–water partition coefficient (Wildman–Crippen LogP) is 1.38. The zero-order chi connectivity index (χ0) is 10.6. The maximum Gasteiger partial charge on any atom is 0.193 e. The lowest BCUT2D eigenvalue weighted by Gasteiger charge is -2.22. The molecular formula is C9H10NO4-. The Kier molecular flexibility index (Phi) is 3.73. The quantitative estimate of drug-likeness (QED) is 0.581. The summed E-state index contributed by atoms with van der Waals surface area (Å²) in [5, 5.41) is 17.6.